The van der Waals surface area contributed by atoms with E-state index in [2.05, 4.69) is 5.10 Å². The second-order valence-electron chi connectivity index (χ2n) is 4.60. The summed E-state index contributed by atoms with van der Waals surface area (Å²) in [5.74, 6) is -3.02. The average Bonchev–Trinajstić information content (AvgIpc) is 2.66. The van der Waals surface area contributed by atoms with Gasteiger partial charge in [-0.2, -0.15) is 13.9 Å². The highest BCUT2D eigenvalue weighted by atomic mass is 19.3. The molecule has 2 N–H and O–H groups in total. The van der Waals surface area contributed by atoms with Crippen LogP contribution in [0.2, 0.25) is 0 Å². The van der Waals surface area contributed by atoms with Crippen LogP contribution >= 0.6 is 0 Å². The van der Waals surface area contributed by atoms with Crippen molar-refractivity contribution in [3.63, 3.8) is 0 Å². The van der Waals surface area contributed by atoms with E-state index in [-0.39, 0.29) is 5.56 Å². The minimum Gasteiger partial charge on any atom is -0.325 e. The molecule has 0 saturated carbocycles. The molecule has 3 nitrogen and oxygen atoms in total. The number of aromatic nitrogens is 2. The van der Waals surface area contributed by atoms with Gasteiger partial charge < -0.3 is 5.73 Å². The number of nitrogens with two attached hydrogens (primary N) is 1. The predicted molar refractivity (Wildman–Crippen MR) is 70.2 cm³/mol. The molecule has 0 aliphatic rings. The van der Waals surface area contributed by atoms with Crippen LogP contribution in [-0.4, -0.2) is 16.3 Å². The molecular weight excluding hydrogens is 248 g/mol. The van der Waals surface area contributed by atoms with Crippen LogP contribution in [0.5, 0.6) is 0 Å². The summed E-state index contributed by atoms with van der Waals surface area (Å²) < 4.78 is 29.2. The first-order valence-electron chi connectivity index (χ1n) is 6.12. The Bertz CT molecular complexity index is 562. The van der Waals surface area contributed by atoms with Gasteiger partial charge in [-0.05, 0) is 19.4 Å². The highest BCUT2D eigenvalue weighted by Crippen LogP contribution is 2.32. The lowest BCUT2D eigenvalue weighted by Crippen LogP contribution is -2.26. The lowest BCUT2D eigenvalue weighted by Gasteiger charge is -2.14. The summed E-state index contributed by atoms with van der Waals surface area (Å²) in [6.07, 6.45) is 0. The Morgan fingerprint density at radius 2 is 1.84 bits per heavy atom. The zero-order valence-corrected chi connectivity index (χ0v) is 11.0. The van der Waals surface area contributed by atoms with Gasteiger partial charge >= 0.3 is 0 Å². The van der Waals surface area contributed by atoms with Gasteiger partial charge in [-0.25, -0.2) is 0 Å². The van der Waals surface area contributed by atoms with Crippen molar-refractivity contribution in [2.75, 3.05) is 6.54 Å². The molecule has 0 fully saturated rings. The smallest absolute Gasteiger partial charge is 0.288 e. The molecule has 2 rings (SSSR count). The summed E-state index contributed by atoms with van der Waals surface area (Å²) in [6, 6.07) is 9.62. The molecule has 19 heavy (non-hydrogen) atoms. The van der Waals surface area contributed by atoms with Crippen molar-refractivity contribution in [2.45, 2.75) is 26.3 Å². The molecular formula is C14H17F2N3. The molecule has 0 atom stereocenters. The Hall–Kier alpha value is -1.75. The van der Waals surface area contributed by atoms with Crippen LogP contribution in [0.3, 0.4) is 0 Å². The maximum Gasteiger partial charge on any atom is 0.288 e. The maximum absolute atomic E-state index is 13.8. The number of alkyl halides is 2. The minimum absolute atomic E-state index is 0.0501. The number of hydrogen-bond acceptors (Lipinski definition) is 2. The fourth-order valence-corrected chi connectivity index (χ4v) is 2.24. The molecule has 0 unspecified atom stereocenters. The Kier molecular flexibility index (Phi) is 3.66. The van der Waals surface area contributed by atoms with Crippen LogP contribution in [0.4, 0.5) is 8.78 Å². The van der Waals surface area contributed by atoms with Crippen LogP contribution in [-0.2, 0) is 12.5 Å². The first-order valence-corrected chi connectivity index (χ1v) is 6.12. The molecule has 0 radical (unpaired) electrons. The van der Waals surface area contributed by atoms with E-state index >= 15 is 0 Å². The second-order valence-corrected chi connectivity index (χ2v) is 4.60. The third-order valence-corrected chi connectivity index (χ3v) is 3.18. The van der Waals surface area contributed by atoms with Crippen LogP contribution in [0.1, 0.15) is 22.5 Å². The van der Waals surface area contributed by atoms with Crippen molar-refractivity contribution < 1.29 is 8.78 Å². The molecule has 5 heteroatoms. The van der Waals surface area contributed by atoms with Gasteiger partial charge in [0.05, 0.1) is 24.3 Å². The van der Waals surface area contributed by atoms with Crippen molar-refractivity contribution in [1.82, 2.24) is 9.78 Å². The molecule has 0 spiro atoms. The monoisotopic (exact) mass is 265 g/mol. The van der Waals surface area contributed by atoms with Gasteiger partial charge in [0.15, 0.2) is 0 Å². The number of hydrogen-bond donors (Lipinski definition) is 1. The van der Waals surface area contributed by atoms with Crippen molar-refractivity contribution in [3.8, 4) is 0 Å². The van der Waals surface area contributed by atoms with E-state index in [0.717, 1.165) is 5.56 Å². The summed E-state index contributed by atoms with van der Waals surface area (Å²) in [4.78, 5) is 0. The first-order chi connectivity index (χ1) is 8.95. The van der Waals surface area contributed by atoms with Crippen LogP contribution in [0, 0.1) is 13.8 Å². The van der Waals surface area contributed by atoms with Crippen molar-refractivity contribution in [2.24, 2.45) is 5.73 Å². The zero-order valence-electron chi connectivity index (χ0n) is 11.0. The highest BCUT2D eigenvalue weighted by Gasteiger charge is 2.35. The van der Waals surface area contributed by atoms with Gasteiger partial charge in [0.25, 0.3) is 5.92 Å². The topological polar surface area (TPSA) is 43.8 Å². The molecule has 1 heterocycles. The van der Waals surface area contributed by atoms with Gasteiger partial charge in [0.1, 0.15) is 0 Å². The van der Waals surface area contributed by atoms with E-state index in [0.29, 0.717) is 17.9 Å². The standard InChI is InChI=1S/C14H17F2N3/c1-10-13(14(15,16)9-17)11(2)19(18-10)8-12-6-4-3-5-7-12/h3-7H,8-9,17H2,1-2H3. The van der Waals surface area contributed by atoms with E-state index in [1.807, 2.05) is 30.3 Å². The average molecular weight is 265 g/mol. The molecule has 2 aromatic rings. The van der Waals surface area contributed by atoms with Crippen molar-refractivity contribution in [3.05, 3.63) is 52.8 Å². The normalized spacial score (nSPS) is 11.8. The first kappa shape index (κ1) is 13.7. The van der Waals surface area contributed by atoms with Crippen LogP contribution in [0.25, 0.3) is 0 Å². The van der Waals surface area contributed by atoms with E-state index in [1.54, 1.807) is 18.5 Å². The lowest BCUT2D eigenvalue weighted by molar-refractivity contribution is 0.00459. The SMILES string of the molecule is Cc1nn(Cc2ccccc2)c(C)c1C(F)(F)CN. The molecule has 0 aliphatic carbocycles. The Balaban J connectivity index is 2.37. The largest absolute Gasteiger partial charge is 0.325 e. The van der Waals surface area contributed by atoms with E-state index in [1.165, 1.54) is 0 Å². The summed E-state index contributed by atoms with van der Waals surface area (Å²) in [5, 5.41) is 4.20. The van der Waals surface area contributed by atoms with Gasteiger partial charge in [-0.15, -0.1) is 0 Å². The molecule has 1 aromatic heterocycles. The van der Waals surface area contributed by atoms with Gasteiger partial charge in [-0.3, -0.25) is 4.68 Å². The molecule has 102 valence electrons. The summed E-state index contributed by atoms with van der Waals surface area (Å²) in [7, 11) is 0. The Labute approximate surface area is 111 Å². The quantitative estimate of drug-likeness (QED) is 0.923. The molecule has 0 aliphatic heterocycles. The van der Waals surface area contributed by atoms with Crippen molar-refractivity contribution in [1.29, 1.82) is 0 Å². The number of nitrogens with zero attached hydrogens (tertiary/aromatic N) is 2. The Morgan fingerprint density at radius 3 is 2.42 bits per heavy atom. The predicted octanol–water partition coefficient (Wildman–Crippen LogP) is 2.60. The fourth-order valence-electron chi connectivity index (χ4n) is 2.24. The number of halogens is 2. The summed E-state index contributed by atoms with van der Waals surface area (Å²) in [5.41, 5.74) is 6.93. The van der Waals surface area contributed by atoms with Gasteiger partial charge in [-0.1, -0.05) is 30.3 Å². The minimum atomic E-state index is -3.02. The third kappa shape index (κ3) is 2.66. The zero-order chi connectivity index (χ0) is 14.0. The molecule has 0 saturated heterocycles. The molecule has 0 amide bonds. The van der Waals surface area contributed by atoms with Crippen molar-refractivity contribution >= 4 is 0 Å². The Morgan fingerprint density at radius 1 is 1.21 bits per heavy atom. The fraction of sp³-hybridized carbons (Fsp3) is 0.357. The number of rotatable bonds is 4. The van der Waals surface area contributed by atoms with E-state index in [4.69, 9.17) is 5.73 Å². The summed E-state index contributed by atoms with van der Waals surface area (Å²) >= 11 is 0. The maximum atomic E-state index is 13.8. The lowest BCUT2D eigenvalue weighted by atomic mass is 10.1. The van der Waals surface area contributed by atoms with Gasteiger partial charge in [0.2, 0.25) is 0 Å². The molecule has 0 bridgehead atoms. The van der Waals surface area contributed by atoms with Gasteiger partial charge in [0, 0.05) is 5.69 Å². The van der Waals surface area contributed by atoms with Crippen LogP contribution < -0.4 is 5.73 Å². The highest BCUT2D eigenvalue weighted by molar-refractivity contribution is 5.30. The number of benzene rings is 1. The van der Waals surface area contributed by atoms with Crippen LogP contribution in [0.15, 0.2) is 30.3 Å². The second kappa shape index (κ2) is 5.09. The summed E-state index contributed by atoms with van der Waals surface area (Å²) in [6.45, 7) is 3.02. The van der Waals surface area contributed by atoms with E-state index in [9.17, 15) is 8.78 Å². The molecule has 1 aromatic carbocycles. The van der Waals surface area contributed by atoms with E-state index < -0.39 is 12.5 Å². The number of aryl methyl sites for hydroxylation is 1. The third-order valence-electron chi connectivity index (χ3n) is 3.18.